The maximum absolute atomic E-state index is 13.0. The summed E-state index contributed by atoms with van der Waals surface area (Å²) in [5, 5.41) is -0.324. The van der Waals surface area contributed by atoms with E-state index in [0.29, 0.717) is 0 Å². The van der Waals surface area contributed by atoms with Crippen LogP contribution in [0.4, 0.5) is 17.6 Å². The molecule has 1 rings (SSSR count). The van der Waals surface area contributed by atoms with E-state index in [1.165, 1.54) is 6.07 Å². The van der Waals surface area contributed by atoms with Gasteiger partial charge in [0.25, 0.3) is 0 Å². The van der Waals surface area contributed by atoms with Crippen LogP contribution in [-0.2, 0) is 0 Å². The molecule has 6 heteroatoms. The summed E-state index contributed by atoms with van der Waals surface area (Å²) in [6, 6.07) is 0.860. The van der Waals surface area contributed by atoms with Crippen LogP contribution in [0.1, 0.15) is 11.6 Å². The van der Waals surface area contributed by atoms with E-state index in [1.807, 2.05) is 0 Å². The quantitative estimate of drug-likeness (QED) is 0.734. The van der Waals surface area contributed by atoms with E-state index in [9.17, 15) is 17.6 Å². The molecule has 14 heavy (non-hydrogen) atoms. The molecule has 0 aliphatic heterocycles. The number of nitrogens with two attached hydrogens (primary N) is 1. The van der Waals surface area contributed by atoms with E-state index < -0.39 is 23.6 Å². The van der Waals surface area contributed by atoms with E-state index in [2.05, 4.69) is 0 Å². The van der Waals surface area contributed by atoms with Crippen molar-refractivity contribution in [2.45, 2.75) is 12.2 Å². The lowest BCUT2D eigenvalue weighted by molar-refractivity contribution is -0.149. The van der Waals surface area contributed by atoms with E-state index in [0.717, 1.165) is 12.1 Å². The molecule has 0 aromatic heterocycles. The fourth-order valence-corrected chi connectivity index (χ4v) is 1.25. The minimum absolute atomic E-state index is 0.324. The highest BCUT2D eigenvalue weighted by molar-refractivity contribution is 6.31. The Hall–Kier alpha value is -0.810. The normalized spacial score (nSPS) is 14.1. The molecule has 0 aliphatic rings. The van der Waals surface area contributed by atoms with E-state index in [4.69, 9.17) is 17.3 Å². The van der Waals surface area contributed by atoms with E-state index >= 15 is 0 Å². The van der Waals surface area contributed by atoms with E-state index in [-0.39, 0.29) is 5.02 Å². The van der Waals surface area contributed by atoms with Gasteiger partial charge in [-0.15, -0.1) is 0 Å². The summed E-state index contributed by atoms with van der Waals surface area (Å²) in [6.45, 7) is 0. The smallest absolute Gasteiger partial charge is 0.316 e. The molecule has 0 saturated carbocycles. The molecule has 78 valence electrons. The average Bonchev–Trinajstić information content (AvgIpc) is 2.01. The Balaban J connectivity index is 3.19. The van der Waals surface area contributed by atoms with Crippen LogP contribution in [-0.4, -0.2) is 6.18 Å². The minimum atomic E-state index is -4.70. The fraction of sp³-hybridized carbons (Fsp3) is 0.250. The summed E-state index contributed by atoms with van der Waals surface area (Å²) in [5.74, 6) is -1.05. The van der Waals surface area contributed by atoms with Crippen molar-refractivity contribution < 1.29 is 17.6 Å². The van der Waals surface area contributed by atoms with Crippen molar-refractivity contribution in [2.24, 2.45) is 5.73 Å². The van der Waals surface area contributed by atoms with Crippen molar-refractivity contribution in [1.29, 1.82) is 0 Å². The van der Waals surface area contributed by atoms with Gasteiger partial charge in [-0.3, -0.25) is 0 Å². The second-order valence-corrected chi connectivity index (χ2v) is 3.06. The van der Waals surface area contributed by atoms with Crippen molar-refractivity contribution in [3.63, 3.8) is 0 Å². The Morgan fingerprint density at radius 1 is 1.29 bits per heavy atom. The summed E-state index contributed by atoms with van der Waals surface area (Å²) in [6.07, 6.45) is -4.70. The third kappa shape index (κ3) is 2.16. The van der Waals surface area contributed by atoms with Crippen LogP contribution in [0.3, 0.4) is 0 Å². The predicted molar refractivity (Wildman–Crippen MR) is 44.4 cm³/mol. The summed E-state index contributed by atoms with van der Waals surface area (Å²) in [5.41, 5.74) is 4.10. The fourth-order valence-electron chi connectivity index (χ4n) is 0.971. The third-order valence-corrected chi connectivity index (χ3v) is 1.99. The number of benzene rings is 1. The van der Waals surface area contributed by atoms with Crippen LogP contribution in [0.2, 0.25) is 5.02 Å². The summed E-state index contributed by atoms with van der Waals surface area (Å²) >= 11 is 5.41. The SMILES string of the molecule is NC(c1c(F)cccc1Cl)C(F)(F)F. The highest BCUT2D eigenvalue weighted by Gasteiger charge is 2.40. The zero-order valence-corrected chi connectivity index (χ0v) is 7.53. The first-order valence-electron chi connectivity index (χ1n) is 3.60. The zero-order valence-electron chi connectivity index (χ0n) is 6.78. The van der Waals surface area contributed by atoms with Crippen molar-refractivity contribution in [1.82, 2.24) is 0 Å². The van der Waals surface area contributed by atoms with Crippen LogP contribution >= 0.6 is 11.6 Å². The van der Waals surface area contributed by atoms with Crippen molar-refractivity contribution in [3.8, 4) is 0 Å². The Labute approximate surface area is 82.5 Å². The lowest BCUT2D eigenvalue weighted by Crippen LogP contribution is -2.29. The molecule has 0 bridgehead atoms. The second-order valence-electron chi connectivity index (χ2n) is 2.65. The third-order valence-electron chi connectivity index (χ3n) is 1.66. The molecule has 1 atom stereocenters. The summed E-state index contributed by atoms with van der Waals surface area (Å²) in [7, 11) is 0. The number of hydrogen-bond acceptors (Lipinski definition) is 1. The van der Waals surface area contributed by atoms with Crippen LogP contribution in [0.5, 0.6) is 0 Å². The van der Waals surface area contributed by atoms with Crippen molar-refractivity contribution in [2.75, 3.05) is 0 Å². The van der Waals surface area contributed by atoms with Gasteiger partial charge < -0.3 is 5.73 Å². The molecule has 1 nitrogen and oxygen atoms in total. The lowest BCUT2D eigenvalue weighted by atomic mass is 10.1. The van der Waals surface area contributed by atoms with Crippen LogP contribution < -0.4 is 5.73 Å². The molecule has 1 unspecified atom stereocenters. The number of alkyl halides is 3. The lowest BCUT2D eigenvalue weighted by Gasteiger charge is -2.17. The van der Waals surface area contributed by atoms with Crippen LogP contribution in [0.25, 0.3) is 0 Å². The topological polar surface area (TPSA) is 26.0 Å². The van der Waals surface area contributed by atoms with Gasteiger partial charge in [0, 0.05) is 10.6 Å². The molecular formula is C8H6ClF4N. The van der Waals surface area contributed by atoms with Gasteiger partial charge in [-0.2, -0.15) is 13.2 Å². The first-order valence-corrected chi connectivity index (χ1v) is 3.98. The average molecular weight is 228 g/mol. The maximum Gasteiger partial charge on any atom is 0.407 e. The largest absolute Gasteiger partial charge is 0.407 e. The monoisotopic (exact) mass is 227 g/mol. The Morgan fingerprint density at radius 3 is 2.29 bits per heavy atom. The van der Waals surface area contributed by atoms with Gasteiger partial charge in [0.2, 0.25) is 0 Å². The van der Waals surface area contributed by atoms with E-state index in [1.54, 1.807) is 0 Å². The second kappa shape index (κ2) is 3.74. The molecular weight excluding hydrogens is 222 g/mol. The van der Waals surface area contributed by atoms with Crippen LogP contribution in [0, 0.1) is 5.82 Å². The van der Waals surface area contributed by atoms with Gasteiger partial charge in [0.1, 0.15) is 11.9 Å². The summed E-state index contributed by atoms with van der Waals surface area (Å²) in [4.78, 5) is 0. The maximum atomic E-state index is 13.0. The van der Waals surface area contributed by atoms with Crippen LogP contribution in [0.15, 0.2) is 18.2 Å². The number of hydrogen-bond donors (Lipinski definition) is 1. The first kappa shape index (κ1) is 11.3. The van der Waals surface area contributed by atoms with Gasteiger partial charge in [-0.05, 0) is 12.1 Å². The Kier molecular flexibility index (Phi) is 3.01. The van der Waals surface area contributed by atoms with Crippen molar-refractivity contribution in [3.05, 3.63) is 34.6 Å². The molecule has 0 spiro atoms. The van der Waals surface area contributed by atoms with Crippen molar-refractivity contribution >= 4 is 11.6 Å². The molecule has 0 heterocycles. The number of rotatable bonds is 1. The van der Waals surface area contributed by atoms with Gasteiger partial charge in [-0.1, -0.05) is 17.7 Å². The molecule has 1 aromatic rings. The molecule has 0 aliphatic carbocycles. The molecule has 1 aromatic carbocycles. The Bertz CT molecular complexity index is 316. The van der Waals surface area contributed by atoms with Gasteiger partial charge in [0.15, 0.2) is 0 Å². The molecule has 0 radical (unpaired) electrons. The molecule has 0 saturated heterocycles. The standard InChI is InChI=1S/C8H6ClF4N/c9-4-2-1-3-5(10)6(4)7(14)8(11,12)13/h1-3,7H,14H2. The molecule has 0 fully saturated rings. The highest BCUT2D eigenvalue weighted by atomic mass is 35.5. The van der Waals surface area contributed by atoms with Gasteiger partial charge >= 0.3 is 6.18 Å². The minimum Gasteiger partial charge on any atom is -0.316 e. The Morgan fingerprint density at radius 2 is 1.86 bits per heavy atom. The molecule has 2 N–H and O–H groups in total. The molecule has 0 amide bonds. The first-order chi connectivity index (χ1) is 6.34. The summed E-state index contributed by atoms with van der Waals surface area (Å²) < 4.78 is 49.4. The highest BCUT2D eigenvalue weighted by Crippen LogP contribution is 2.35. The number of halogens is 5. The zero-order chi connectivity index (χ0) is 10.9. The predicted octanol–water partition coefficient (Wildman–Crippen LogP) is 3.04. The van der Waals surface area contributed by atoms with Gasteiger partial charge in [0.05, 0.1) is 0 Å². The van der Waals surface area contributed by atoms with Gasteiger partial charge in [-0.25, -0.2) is 4.39 Å².